The third-order valence-electron chi connectivity index (χ3n) is 4.99. The van der Waals surface area contributed by atoms with Crippen LogP contribution in [0.3, 0.4) is 0 Å². The molecular weight excluding hydrogens is 350 g/mol. The van der Waals surface area contributed by atoms with E-state index in [1.54, 1.807) is 0 Å². The summed E-state index contributed by atoms with van der Waals surface area (Å²) in [5.74, 6) is 2.04. The topological polar surface area (TPSA) is 65.7 Å². The average Bonchev–Trinajstić information content (AvgIpc) is 3.16. The maximum Gasteiger partial charge on any atom is 0.191 e. The highest BCUT2D eigenvalue weighted by atomic mass is 16.5. The van der Waals surface area contributed by atoms with E-state index in [1.807, 2.05) is 12.1 Å². The number of nitrogens with zero attached hydrogens (tertiary/aromatic N) is 3. The first kappa shape index (κ1) is 22.0. The number of aromatic nitrogens is 1. The summed E-state index contributed by atoms with van der Waals surface area (Å²) in [7, 11) is 4.19. The van der Waals surface area contributed by atoms with E-state index < -0.39 is 0 Å². The standard InChI is InChI=1S/C22H35N5O/c1-6-17(7-2)20-14-19(28-26-20)15-24-22(23-8-3)25-16-21(27(4)5)18-12-10-9-11-13-18/h9-14,17,21H,6-8,15-16H2,1-5H3,(H2,23,24,25). The molecule has 6 nitrogen and oxygen atoms in total. The number of hydrogen-bond donors (Lipinski definition) is 2. The van der Waals surface area contributed by atoms with Crippen molar-refractivity contribution in [3.05, 3.63) is 53.4 Å². The number of rotatable bonds is 10. The van der Waals surface area contributed by atoms with Gasteiger partial charge in [0.1, 0.15) is 6.54 Å². The fraction of sp³-hybridized carbons (Fsp3) is 0.545. The summed E-state index contributed by atoms with van der Waals surface area (Å²) in [6.45, 7) is 8.47. The van der Waals surface area contributed by atoms with Crippen LogP contribution < -0.4 is 10.6 Å². The Morgan fingerprint density at radius 3 is 2.43 bits per heavy atom. The van der Waals surface area contributed by atoms with Crippen molar-refractivity contribution in [2.24, 2.45) is 4.99 Å². The summed E-state index contributed by atoms with van der Waals surface area (Å²) in [5, 5.41) is 11.0. The van der Waals surface area contributed by atoms with Gasteiger partial charge in [0.25, 0.3) is 0 Å². The Balaban J connectivity index is 2.02. The number of aliphatic imine (C=N–C) groups is 1. The second-order valence-corrected chi connectivity index (χ2v) is 7.20. The molecule has 0 aliphatic carbocycles. The minimum absolute atomic E-state index is 0.261. The van der Waals surface area contributed by atoms with Gasteiger partial charge in [-0.3, -0.25) is 0 Å². The third kappa shape index (κ3) is 6.37. The summed E-state index contributed by atoms with van der Waals surface area (Å²) in [4.78, 5) is 6.89. The van der Waals surface area contributed by atoms with Crippen molar-refractivity contribution in [1.82, 2.24) is 20.7 Å². The van der Waals surface area contributed by atoms with Crippen LogP contribution in [-0.4, -0.2) is 43.2 Å². The summed E-state index contributed by atoms with van der Waals surface area (Å²) in [6.07, 6.45) is 2.14. The van der Waals surface area contributed by atoms with Crippen molar-refractivity contribution in [3.8, 4) is 0 Å². The van der Waals surface area contributed by atoms with E-state index in [-0.39, 0.29) is 6.04 Å². The molecular formula is C22H35N5O. The predicted molar refractivity (Wildman–Crippen MR) is 116 cm³/mol. The molecule has 2 rings (SSSR count). The van der Waals surface area contributed by atoms with Gasteiger partial charge >= 0.3 is 0 Å². The zero-order valence-corrected chi connectivity index (χ0v) is 17.9. The SMILES string of the molecule is CCNC(=NCc1cc(C(CC)CC)no1)NCC(c1ccccc1)N(C)C. The second-order valence-electron chi connectivity index (χ2n) is 7.20. The van der Waals surface area contributed by atoms with Gasteiger partial charge in [0, 0.05) is 25.1 Å². The van der Waals surface area contributed by atoms with Crippen LogP contribution in [0.5, 0.6) is 0 Å². The van der Waals surface area contributed by atoms with Gasteiger partial charge in [-0.2, -0.15) is 0 Å². The Kier molecular flexibility index (Phi) is 9.01. The highest BCUT2D eigenvalue weighted by molar-refractivity contribution is 5.79. The first-order valence-corrected chi connectivity index (χ1v) is 10.3. The van der Waals surface area contributed by atoms with Crippen LogP contribution in [0.4, 0.5) is 0 Å². The van der Waals surface area contributed by atoms with Gasteiger partial charge in [0.2, 0.25) is 0 Å². The van der Waals surface area contributed by atoms with Crippen LogP contribution in [0.1, 0.15) is 62.6 Å². The number of guanidine groups is 1. The van der Waals surface area contributed by atoms with Crippen molar-refractivity contribution < 1.29 is 4.52 Å². The quantitative estimate of drug-likeness (QED) is 0.479. The van der Waals surface area contributed by atoms with Crippen molar-refractivity contribution in [2.45, 2.75) is 52.1 Å². The van der Waals surface area contributed by atoms with Crippen LogP contribution in [0.15, 0.2) is 45.9 Å². The van der Waals surface area contributed by atoms with Crippen LogP contribution in [0.25, 0.3) is 0 Å². The largest absolute Gasteiger partial charge is 0.359 e. The molecule has 28 heavy (non-hydrogen) atoms. The summed E-state index contributed by atoms with van der Waals surface area (Å²) in [5.41, 5.74) is 2.31. The summed E-state index contributed by atoms with van der Waals surface area (Å²) < 4.78 is 5.49. The molecule has 2 aromatic rings. The van der Waals surface area contributed by atoms with E-state index in [0.29, 0.717) is 12.5 Å². The Hall–Kier alpha value is -2.34. The molecule has 0 aliphatic rings. The molecule has 0 saturated heterocycles. The summed E-state index contributed by atoms with van der Waals surface area (Å²) in [6, 6.07) is 12.8. The van der Waals surface area contributed by atoms with Crippen molar-refractivity contribution >= 4 is 5.96 Å². The van der Waals surface area contributed by atoms with E-state index in [4.69, 9.17) is 4.52 Å². The molecule has 1 atom stereocenters. The first-order chi connectivity index (χ1) is 13.6. The number of likely N-dealkylation sites (N-methyl/N-ethyl adjacent to an activating group) is 1. The van der Waals surface area contributed by atoms with Gasteiger partial charge in [0.05, 0.1) is 11.7 Å². The molecule has 2 N–H and O–H groups in total. The normalized spacial score (nSPS) is 13.2. The maximum atomic E-state index is 5.49. The Bertz CT molecular complexity index is 707. The molecule has 1 aromatic heterocycles. The fourth-order valence-electron chi connectivity index (χ4n) is 3.27. The Morgan fingerprint density at radius 1 is 1.11 bits per heavy atom. The van der Waals surface area contributed by atoms with Crippen molar-refractivity contribution in [1.29, 1.82) is 0 Å². The van der Waals surface area contributed by atoms with Crippen LogP contribution in [0.2, 0.25) is 0 Å². The molecule has 1 heterocycles. The highest BCUT2D eigenvalue weighted by Gasteiger charge is 2.15. The molecule has 0 aliphatic heterocycles. The molecule has 0 amide bonds. The highest BCUT2D eigenvalue weighted by Crippen LogP contribution is 2.22. The Morgan fingerprint density at radius 2 is 1.82 bits per heavy atom. The van der Waals surface area contributed by atoms with Gasteiger partial charge in [-0.15, -0.1) is 0 Å². The third-order valence-corrected chi connectivity index (χ3v) is 4.99. The van der Waals surface area contributed by atoms with E-state index in [0.717, 1.165) is 43.3 Å². The smallest absolute Gasteiger partial charge is 0.191 e. The Labute approximate surface area is 169 Å². The molecule has 0 radical (unpaired) electrons. The van der Waals surface area contributed by atoms with Crippen molar-refractivity contribution in [2.75, 3.05) is 27.2 Å². The van der Waals surface area contributed by atoms with Crippen LogP contribution in [-0.2, 0) is 6.54 Å². The van der Waals surface area contributed by atoms with Gasteiger partial charge in [-0.05, 0) is 39.4 Å². The lowest BCUT2D eigenvalue weighted by Crippen LogP contribution is -2.41. The minimum Gasteiger partial charge on any atom is -0.359 e. The molecule has 0 bridgehead atoms. The maximum absolute atomic E-state index is 5.49. The van der Waals surface area contributed by atoms with E-state index in [1.165, 1.54) is 5.56 Å². The van der Waals surface area contributed by atoms with Crippen LogP contribution in [0, 0.1) is 0 Å². The second kappa shape index (κ2) is 11.5. The molecule has 1 unspecified atom stereocenters. The van der Waals surface area contributed by atoms with E-state index >= 15 is 0 Å². The van der Waals surface area contributed by atoms with E-state index in [9.17, 15) is 0 Å². The lowest BCUT2D eigenvalue weighted by atomic mass is 9.99. The number of benzene rings is 1. The zero-order valence-electron chi connectivity index (χ0n) is 17.9. The first-order valence-electron chi connectivity index (χ1n) is 10.3. The lowest BCUT2D eigenvalue weighted by molar-refractivity contribution is 0.298. The fourth-order valence-corrected chi connectivity index (χ4v) is 3.27. The molecule has 0 spiro atoms. The van der Waals surface area contributed by atoms with Crippen LogP contribution >= 0.6 is 0 Å². The predicted octanol–water partition coefficient (Wildman–Crippen LogP) is 3.94. The molecule has 154 valence electrons. The lowest BCUT2D eigenvalue weighted by Gasteiger charge is -2.26. The number of nitrogens with one attached hydrogen (secondary N) is 2. The van der Waals surface area contributed by atoms with E-state index in [2.05, 4.69) is 84.8 Å². The van der Waals surface area contributed by atoms with Gasteiger partial charge in [-0.25, -0.2) is 4.99 Å². The van der Waals surface area contributed by atoms with Gasteiger partial charge in [-0.1, -0.05) is 49.3 Å². The average molecular weight is 386 g/mol. The summed E-state index contributed by atoms with van der Waals surface area (Å²) >= 11 is 0. The zero-order chi connectivity index (χ0) is 20.4. The minimum atomic E-state index is 0.261. The van der Waals surface area contributed by atoms with Gasteiger partial charge < -0.3 is 20.1 Å². The molecule has 6 heteroatoms. The monoisotopic (exact) mass is 385 g/mol. The number of hydrogen-bond acceptors (Lipinski definition) is 4. The van der Waals surface area contributed by atoms with Gasteiger partial charge in [0.15, 0.2) is 11.7 Å². The molecule has 0 saturated carbocycles. The van der Waals surface area contributed by atoms with Crippen molar-refractivity contribution in [3.63, 3.8) is 0 Å². The molecule has 0 fully saturated rings. The molecule has 1 aromatic carbocycles.